The van der Waals surface area contributed by atoms with E-state index in [1.807, 2.05) is 0 Å². The van der Waals surface area contributed by atoms with Crippen LogP contribution in [0.5, 0.6) is 11.5 Å². The molecule has 0 aliphatic carbocycles. The van der Waals surface area contributed by atoms with Gasteiger partial charge in [0.25, 0.3) is 0 Å². The van der Waals surface area contributed by atoms with Gasteiger partial charge in [0.15, 0.2) is 0 Å². The highest BCUT2D eigenvalue weighted by molar-refractivity contribution is 9.10. The standard InChI is InChI=1S/C13H7BrF3O/c14-10-4-6-11(7-5-10)18-12-3-1-2-9(8-12)13(15,16)17/h1-2,4-8H. The maximum absolute atomic E-state index is 12.5. The van der Waals surface area contributed by atoms with Crippen LogP contribution in [0.3, 0.4) is 0 Å². The van der Waals surface area contributed by atoms with Crippen molar-refractivity contribution >= 4 is 15.9 Å². The lowest BCUT2D eigenvalue weighted by atomic mass is 10.2. The van der Waals surface area contributed by atoms with Gasteiger partial charge >= 0.3 is 6.18 Å². The summed E-state index contributed by atoms with van der Waals surface area (Å²) in [4.78, 5) is 0. The van der Waals surface area contributed by atoms with E-state index in [0.717, 1.165) is 16.6 Å². The van der Waals surface area contributed by atoms with Crippen LogP contribution in [0.1, 0.15) is 5.56 Å². The van der Waals surface area contributed by atoms with E-state index in [9.17, 15) is 13.2 Å². The average Bonchev–Trinajstić information content (AvgIpc) is 2.31. The quantitative estimate of drug-likeness (QED) is 0.752. The normalized spacial score (nSPS) is 11.3. The van der Waals surface area contributed by atoms with Gasteiger partial charge in [0.05, 0.1) is 5.56 Å². The molecule has 0 aliphatic rings. The van der Waals surface area contributed by atoms with Crippen molar-refractivity contribution in [2.24, 2.45) is 0 Å². The van der Waals surface area contributed by atoms with Gasteiger partial charge < -0.3 is 4.74 Å². The van der Waals surface area contributed by atoms with Gasteiger partial charge in [-0.2, -0.15) is 13.2 Å². The van der Waals surface area contributed by atoms with E-state index in [1.54, 1.807) is 24.3 Å². The molecule has 0 saturated carbocycles. The zero-order valence-corrected chi connectivity index (χ0v) is 10.5. The third-order valence-corrected chi connectivity index (χ3v) is 2.67. The lowest BCUT2D eigenvalue weighted by molar-refractivity contribution is -0.137. The predicted octanol–water partition coefficient (Wildman–Crippen LogP) is 5.06. The summed E-state index contributed by atoms with van der Waals surface area (Å²) < 4.78 is 43.6. The highest BCUT2D eigenvalue weighted by Gasteiger charge is 2.30. The van der Waals surface area contributed by atoms with Gasteiger partial charge in [0.1, 0.15) is 11.5 Å². The van der Waals surface area contributed by atoms with Crippen molar-refractivity contribution in [3.63, 3.8) is 0 Å². The fourth-order valence-electron chi connectivity index (χ4n) is 1.31. The third kappa shape index (κ3) is 3.26. The van der Waals surface area contributed by atoms with Crippen LogP contribution in [0.15, 0.2) is 46.9 Å². The molecule has 0 aliphatic heterocycles. The smallest absolute Gasteiger partial charge is 0.416 e. The van der Waals surface area contributed by atoms with E-state index in [1.165, 1.54) is 6.07 Å². The Morgan fingerprint density at radius 1 is 1.06 bits per heavy atom. The van der Waals surface area contributed by atoms with Crippen LogP contribution in [0.4, 0.5) is 13.2 Å². The highest BCUT2D eigenvalue weighted by atomic mass is 79.9. The minimum absolute atomic E-state index is 0.0344. The number of rotatable bonds is 2. The molecule has 2 aromatic carbocycles. The molecule has 0 heterocycles. The molecule has 0 spiro atoms. The second kappa shape index (κ2) is 5.02. The summed E-state index contributed by atoms with van der Waals surface area (Å²) in [5.74, 6) is 0.487. The first-order valence-electron chi connectivity index (χ1n) is 4.97. The van der Waals surface area contributed by atoms with E-state index in [-0.39, 0.29) is 5.75 Å². The van der Waals surface area contributed by atoms with Crippen molar-refractivity contribution in [2.75, 3.05) is 0 Å². The fraction of sp³-hybridized carbons (Fsp3) is 0.0769. The number of hydrogen-bond donors (Lipinski definition) is 0. The van der Waals surface area contributed by atoms with Gasteiger partial charge in [0.2, 0.25) is 0 Å². The molecular formula is C13H7BrF3O. The first kappa shape index (κ1) is 13.0. The summed E-state index contributed by atoms with van der Waals surface area (Å²) in [6.07, 6.45) is -4.38. The van der Waals surface area contributed by atoms with Gasteiger partial charge in [-0.25, -0.2) is 0 Å². The van der Waals surface area contributed by atoms with Crippen LogP contribution in [0.2, 0.25) is 0 Å². The molecule has 0 saturated heterocycles. The Balaban J connectivity index is 2.22. The van der Waals surface area contributed by atoms with Gasteiger partial charge in [-0.3, -0.25) is 0 Å². The zero-order valence-electron chi connectivity index (χ0n) is 8.96. The molecule has 0 fully saturated rings. The Morgan fingerprint density at radius 3 is 2.33 bits per heavy atom. The van der Waals surface area contributed by atoms with Crippen molar-refractivity contribution in [1.29, 1.82) is 0 Å². The molecule has 1 radical (unpaired) electrons. The van der Waals surface area contributed by atoms with E-state index in [4.69, 9.17) is 4.74 Å². The summed E-state index contributed by atoms with van der Waals surface area (Å²) in [5, 5.41) is 0. The van der Waals surface area contributed by atoms with Crippen LogP contribution in [0.25, 0.3) is 0 Å². The number of halogens is 4. The molecule has 5 heteroatoms. The third-order valence-electron chi connectivity index (χ3n) is 2.14. The maximum atomic E-state index is 12.5. The van der Waals surface area contributed by atoms with Crippen LogP contribution in [0, 0.1) is 6.07 Å². The van der Waals surface area contributed by atoms with Crippen molar-refractivity contribution in [3.05, 3.63) is 58.6 Å². The molecule has 93 valence electrons. The van der Waals surface area contributed by atoms with E-state index in [2.05, 4.69) is 22.0 Å². The molecule has 0 unspecified atom stereocenters. The predicted molar refractivity (Wildman–Crippen MR) is 64.5 cm³/mol. The Labute approximate surface area is 110 Å². The number of benzene rings is 2. The van der Waals surface area contributed by atoms with E-state index < -0.39 is 11.7 Å². The SMILES string of the molecule is FC(F)(F)c1cc[c]c(Oc2ccc(Br)cc2)c1. The second-order valence-corrected chi connectivity index (χ2v) is 4.41. The number of hydrogen-bond acceptors (Lipinski definition) is 1. The van der Waals surface area contributed by atoms with Crippen LogP contribution in [-0.4, -0.2) is 0 Å². The lowest BCUT2D eigenvalue weighted by Gasteiger charge is -2.09. The molecule has 0 bridgehead atoms. The molecule has 0 aromatic heterocycles. The number of ether oxygens (including phenoxy) is 1. The molecular weight excluding hydrogens is 309 g/mol. The van der Waals surface area contributed by atoms with Gasteiger partial charge in [0, 0.05) is 10.5 Å². The summed E-state index contributed by atoms with van der Waals surface area (Å²) in [6.45, 7) is 0. The van der Waals surface area contributed by atoms with Gasteiger partial charge in [-0.1, -0.05) is 15.9 Å². The summed E-state index contributed by atoms with van der Waals surface area (Å²) >= 11 is 3.26. The van der Waals surface area contributed by atoms with Crippen molar-refractivity contribution in [2.45, 2.75) is 6.18 Å². The van der Waals surface area contributed by atoms with Gasteiger partial charge in [-0.15, -0.1) is 0 Å². The number of alkyl halides is 3. The van der Waals surface area contributed by atoms with Crippen molar-refractivity contribution < 1.29 is 17.9 Å². The first-order chi connectivity index (χ1) is 8.45. The average molecular weight is 316 g/mol. The zero-order chi connectivity index (χ0) is 13.2. The van der Waals surface area contributed by atoms with Crippen LogP contribution >= 0.6 is 15.9 Å². The largest absolute Gasteiger partial charge is 0.457 e. The monoisotopic (exact) mass is 315 g/mol. The topological polar surface area (TPSA) is 9.23 Å². The summed E-state index contributed by atoms with van der Waals surface area (Å²) in [5.41, 5.74) is -0.756. The minimum atomic E-state index is -4.38. The molecule has 0 atom stereocenters. The van der Waals surface area contributed by atoms with E-state index in [0.29, 0.717) is 5.75 Å². The minimum Gasteiger partial charge on any atom is -0.457 e. The van der Waals surface area contributed by atoms with Crippen molar-refractivity contribution in [3.8, 4) is 11.5 Å². The molecule has 0 N–H and O–H groups in total. The summed E-state index contributed by atoms with van der Waals surface area (Å²) in [7, 11) is 0. The maximum Gasteiger partial charge on any atom is 0.416 e. The molecule has 2 aromatic rings. The second-order valence-electron chi connectivity index (χ2n) is 3.50. The van der Waals surface area contributed by atoms with E-state index >= 15 is 0 Å². The van der Waals surface area contributed by atoms with Gasteiger partial charge in [-0.05, 0) is 42.5 Å². The molecule has 0 amide bonds. The lowest BCUT2D eigenvalue weighted by Crippen LogP contribution is -2.04. The first-order valence-corrected chi connectivity index (χ1v) is 5.77. The van der Waals surface area contributed by atoms with Crippen LogP contribution < -0.4 is 4.74 Å². The Bertz CT molecular complexity index is 535. The highest BCUT2D eigenvalue weighted by Crippen LogP contribution is 2.32. The Morgan fingerprint density at radius 2 is 1.72 bits per heavy atom. The van der Waals surface area contributed by atoms with Crippen molar-refractivity contribution in [1.82, 2.24) is 0 Å². The Hall–Kier alpha value is -1.49. The Kier molecular flexibility index (Phi) is 3.61. The fourth-order valence-corrected chi connectivity index (χ4v) is 1.57. The molecule has 1 nitrogen and oxygen atoms in total. The molecule has 18 heavy (non-hydrogen) atoms. The van der Waals surface area contributed by atoms with Crippen LogP contribution in [-0.2, 0) is 6.18 Å². The summed E-state index contributed by atoms with van der Waals surface area (Å²) in [6, 6.07) is 12.5. The molecule has 2 rings (SSSR count).